The van der Waals surface area contributed by atoms with Gasteiger partial charge in [-0.1, -0.05) is 0 Å². The van der Waals surface area contributed by atoms with Gasteiger partial charge in [-0.25, -0.2) is 4.39 Å². The SMILES string of the molecule is CP(=O)([O-])OP(=O)([O-])C(F)P(=O)([O-])[O-]. The van der Waals surface area contributed by atoms with E-state index < -0.39 is 28.4 Å². The van der Waals surface area contributed by atoms with Crippen LogP contribution in [0, 0.1) is 0 Å². The maximum atomic E-state index is 12.4. The van der Waals surface area contributed by atoms with Crippen molar-refractivity contribution in [3.05, 3.63) is 0 Å². The molecule has 0 aliphatic heterocycles. The molecule has 0 aromatic rings. The van der Waals surface area contributed by atoms with Crippen LogP contribution in [-0.4, -0.2) is 12.3 Å². The van der Waals surface area contributed by atoms with Gasteiger partial charge < -0.3 is 33.3 Å². The van der Waals surface area contributed by atoms with E-state index in [1.807, 2.05) is 0 Å². The zero-order valence-corrected chi connectivity index (χ0v) is 9.25. The van der Waals surface area contributed by atoms with E-state index in [1.165, 1.54) is 0 Å². The molecule has 3 atom stereocenters. The zero-order chi connectivity index (χ0) is 11.8. The highest BCUT2D eigenvalue weighted by Gasteiger charge is 2.28. The third-order valence-electron chi connectivity index (χ3n) is 0.784. The van der Waals surface area contributed by atoms with Crippen molar-refractivity contribution >= 4 is 22.8 Å². The van der Waals surface area contributed by atoms with Crippen molar-refractivity contribution in [1.29, 1.82) is 0 Å². The van der Waals surface area contributed by atoms with E-state index in [0.717, 1.165) is 0 Å². The van der Waals surface area contributed by atoms with E-state index in [1.54, 1.807) is 0 Å². The highest BCUT2D eigenvalue weighted by molar-refractivity contribution is 7.73. The van der Waals surface area contributed by atoms with Gasteiger partial charge in [0.05, 0.1) is 0 Å². The Morgan fingerprint density at radius 3 is 1.71 bits per heavy atom. The molecule has 0 radical (unpaired) electrons. The fraction of sp³-hybridized carbons (Fsp3) is 1.00. The molecule has 0 rings (SSSR count). The molecule has 0 aliphatic carbocycles. The second kappa shape index (κ2) is 4.12. The van der Waals surface area contributed by atoms with Crippen molar-refractivity contribution < 1.29 is 42.0 Å². The van der Waals surface area contributed by atoms with E-state index in [2.05, 4.69) is 4.31 Å². The lowest BCUT2D eigenvalue weighted by molar-refractivity contribution is -0.319. The van der Waals surface area contributed by atoms with Crippen molar-refractivity contribution in [2.75, 3.05) is 6.66 Å². The molecule has 86 valence electrons. The summed E-state index contributed by atoms with van der Waals surface area (Å²) in [4.78, 5) is 40.6. The summed E-state index contributed by atoms with van der Waals surface area (Å²) in [7, 11) is -16.9. The van der Waals surface area contributed by atoms with Gasteiger partial charge in [0.1, 0.15) is 7.60 Å². The largest absolute Gasteiger partial charge is 0.808 e. The standard InChI is InChI=1S/C2H8FO8P3/c1-12(4,5)11-14(9,10)2(3)13(6,7)8/h2H,1H3,(H,4,5)(H,9,10)(H2,6,7,8)/p-4. The van der Waals surface area contributed by atoms with Gasteiger partial charge in [0, 0.05) is 6.66 Å². The molecule has 0 bridgehead atoms. The Kier molecular flexibility index (Phi) is 4.24. The van der Waals surface area contributed by atoms with E-state index in [0.29, 0.717) is 0 Å². The van der Waals surface area contributed by atoms with Crippen molar-refractivity contribution in [2.24, 2.45) is 0 Å². The van der Waals surface area contributed by atoms with Gasteiger partial charge in [-0.05, 0) is 7.60 Å². The minimum absolute atomic E-state index is 0.283. The molecule has 14 heavy (non-hydrogen) atoms. The maximum Gasteiger partial charge on any atom is 0.189 e. The molecule has 0 heterocycles. The second-order valence-electron chi connectivity index (χ2n) is 2.24. The van der Waals surface area contributed by atoms with Crippen LogP contribution < -0.4 is 19.6 Å². The van der Waals surface area contributed by atoms with E-state index >= 15 is 0 Å². The van der Waals surface area contributed by atoms with Gasteiger partial charge in [0.15, 0.2) is 13.2 Å². The molecule has 8 nitrogen and oxygen atoms in total. The van der Waals surface area contributed by atoms with Crippen molar-refractivity contribution in [2.45, 2.75) is 5.65 Å². The number of alkyl halides is 1. The Balaban J connectivity index is 4.91. The summed E-state index contributed by atoms with van der Waals surface area (Å²) in [6.45, 7) is 0.283. The molecule has 3 unspecified atom stereocenters. The van der Waals surface area contributed by atoms with Crippen molar-refractivity contribution in [3.8, 4) is 0 Å². The highest BCUT2D eigenvalue weighted by Crippen LogP contribution is 2.63. The number of hydrogen-bond acceptors (Lipinski definition) is 8. The van der Waals surface area contributed by atoms with Gasteiger partial charge in [-0.15, -0.1) is 0 Å². The van der Waals surface area contributed by atoms with Crippen LogP contribution in [0.2, 0.25) is 0 Å². The molecule has 0 saturated carbocycles. The first-order valence-electron chi connectivity index (χ1n) is 2.82. The Bertz CT molecular complexity index is 338. The molecule has 12 heteroatoms. The van der Waals surface area contributed by atoms with Crippen LogP contribution in [0.5, 0.6) is 0 Å². The first-order chi connectivity index (χ1) is 5.86. The van der Waals surface area contributed by atoms with Crippen LogP contribution in [0.3, 0.4) is 0 Å². The van der Waals surface area contributed by atoms with Gasteiger partial charge >= 0.3 is 0 Å². The average Bonchev–Trinajstić information content (AvgIpc) is 1.78. The van der Waals surface area contributed by atoms with E-state index in [4.69, 9.17) is 0 Å². The Labute approximate surface area is 77.9 Å². The topological polar surface area (TPSA) is 153 Å². The molecule has 0 amide bonds. The monoisotopic (exact) mass is 268 g/mol. The van der Waals surface area contributed by atoms with Crippen molar-refractivity contribution in [1.82, 2.24) is 0 Å². The maximum absolute atomic E-state index is 12.4. The zero-order valence-electron chi connectivity index (χ0n) is 6.56. The lowest BCUT2D eigenvalue weighted by Gasteiger charge is -2.41. The lowest BCUT2D eigenvalue weighted by Crippen LogP contribution is -2.27. The van der Waals surface area contributed by atoms with E-state index in [-0.39, 0.29) is 6.66 Å². The molecule has 0 aliphatic rings. The third-order valence-corrected chi connectivity index (χ3v) is 5.62. The molecule has 0 spiro atoms. The summed E-state index contributed by atoms with van der Waals surface area (Å²) in [6, 6.07) is 0. The minimum atomic E-state index is -6.09. The predicted octanol–water partition coefficient (Wildman–Crippen LogP) is -2.09. The number of hydrogen-bond donors (Lipinski definition) is 0. The summed E-state index contributed by atoms with van der Waals surface area (Å²) in [6.07, 6.45) is 0. The minimum Gasteiger partial charge on any atom is -0.808 e. The van der Waals surface area contributed by atoms with Crippen molar-refractivity contribution in [3.63, 3.8) is 0 Å². The first kappa shape index (κ1) is 14.4. The normalized spacial score (nSPS) is 23.6. The molecular formula is C2H4FO8P3-4. The molecule has 0 N–H and O–H groups in total. The quantitative estimate of drug-likeness (QED) is 0.525. The van der Waals surface area contributed by atoms with Gasteiger partial charge in [0.25, 0.3) is 0 Å². The summed E-state index contributed by atoms with van der Waals surface area (Å²) >= 11 is 0. The van der Waals surface area contributed by atoms with Crippen LogP contribution >= 0.6 is 22.8 Å². The van der Waals surface area contributed by atoms with Crippen LogP contribution in [0.25, 0.3) is 0 Å². The fourth-order valence-corrected chi connectivity index (χ4v) is 4.15. The Morgan fingerprint density at radius 1 is 1.14 bits per heavy atom. The fourth-order valence-electron chi connectivity index (χ4n) is 0.419. The Hall–Kier alpha value is 0.420. The van der Waals surface area contributed by atoms with E-state index in [9.17, 15) is 37.7 Å². The summed E-state index contributed by atoms with van der Waals surface area (Å²) < 4.78 is 46.2. The van der Waals surface area contributed by atoms with Crippen LogP contribution in [0.4, 0.5) is 4.39 Å². The summed E-state index contributed by atoms with van der Waals surface area (Å²) in [5.74, 6) is 0. The summed E-state index contributed by atoms with van der Waals surface area (Å²) in [5.41, 5.74) is -3.91. The third kappa shape index (κ3) is 4.77. The van der Waals surface area contributed by atoms with Gasteiger partial charge in [-0.2, -0.15) is 0 Å². The van der Waals surface area contributed by atoms with Gasteiger partial charge in [-0.3, -0.25) is 4.31 Å². The number of rotatable bonds is 4. The number of halogens is 1. The van der Waals surface area contributed by atoms with Gasteiger partial charge in [0.2, 0.25) is 0 Å². The molecule has 0 aromatic carbocycles. The Morgan fingerprint density at radius 2 is 1.50 bits per heavy atom. The lowest BCUT2D eigenvalue weighted by atomic mass is 11.8. The second-order valence-corrected chi connectivity index (χ2v) is 7.91. The molecule has 0 saturated heterocycles. The molecule has 0 fully saturated rings. The van der Waals surface area contributed by atoms with Crippen LogP contribution in [0.1, 0.15) is 0 Å². The first-order valence-corrected chi connectivity index (χ1v) is 8.04. The smallest absolute Gasteiger partial charge is 0.189 e. The molecular weight excluding hydrogens is 264 g/mol. The van der Waals surface area contributed by atoms with Crippen LogP contribution in [-0.2, 0) is 18.0 Å². The average molecular weight is 268 g/mol. The highest BCUT2D eigenvalue weighted by atomic mass is 31.3. The van der Waals surface area contributed by atoms with Crippen LogP contribution in [0.15, 0.2) is 0 Å². The molecule has 0 aromatic heterocycles. The summed E-state index contributed by atoms with van der Waals surface area (Å²) in [5, 5.41) is 0. The predicted molar refractivity (Wildman–Crippen MR) is 34.7 cm³/mol.